The van der Waals surface area contributed by atoms with Crippen LogP contribution in [-0.4, -0.2) is 23.1 Å². The molecule has 0 unspecified atom stereocenters. The van der Waals surface area contributed by atoms with Gasteiger partial charge in [0.15, 0.2) is 5.78 Å². The average Bonchev–Trinajstić information content (AvgIpc) is 2.99. The molecule has 1 aliphatic rings. The van der Waals surface area contributed by atoms with Crippen LogP contribution < -0.4 is 10.6 Å². The summed E-state index contributed by atoms with van der Waals surface area (Å²) in [5, 5.41) is 5.71. The first-order chi connectivity index (χ1) is 14.2. The third kappa shape index (κ3) is 3.62. The molecule has 0 bridgehead atoms. The molecule has 0 fully saturated rings. The maximum absolute atomic E-state index is 12.9. The van der Waals surface area contributed by atoms with Crippen molar-refractivity contribution in [2.45, 2.75) is 26.3 Å². The fraction of sp³-hybridized carbons (Fsp3) is 0.160. The van der Waals surface area contributed by atoms with Crippen molar-refractivity contribution < 1.29 is 14.4 Å². The minimum Gasteiger partial charge on any atom is -0.347 e. The van der Waals surface area contributed by atoms with Gasteiger partial charge in [0.1, 0.15) is 0 Å². The lowest BCUT2D eigenvalue weighted by Crippen LogP contribution is -2.40. The molecule has 0 spiro atoms. The predicted molar refractivity (Wildman–Crippen MR) is 117 cm³/mol. The Labute approximate surface area is 175 Å². The minimum absolute atomic E-state index is 0.0831. The summed E-state index contributed by atoms with van der Waals surface area (Å²) in [6, 6.07) is 19.4. The molecule has 0 saturated carbocycles. The first-order valence-electron chi connectivity index (χ1n) is 9.76. The van der Waals surface area contributed by atoms with Crippen molar-refractivity contribution in [3.63, 3.8) is 0 Å². The number of hydrogen-bond acceptors (Lipinski definition) is 3. The normalized spacial score (nSPS) is 12.2. The molecule has 3 aromatic carbocycles. The predicted octanol–water partition coefficient (Wildman–Crippen LogP) is 4.68. The van der Waals surface area contributed by atoms with E-state index in [9.17, 15) is 14.4 Å². The van der Waals surface area contributed by atoms with Gasteiger partial charge in [0, 0.05) is 22.2 Å². The summed E-state index contributed by atoms with van der Waals surface area (Å²) in [6.07, 6.45) is 0. The van der Waals surface area contributed by atoms with Gasteiger partial charge in [0.05, 0.1) is 11.3 Å². The molecular weight excluding hydrogens is 376 g/mol. The van der Waals surface area contributed by atoms with Crippen LogP contribution in [0.4, 0.5) is 5.69 Å². The fourth-order valence-corrected chi connectivity index (χ4v) is 3.56. The molecule has 0 heterocycles. The molecule has 5 nitrogen and oxygen atoms in total. The fourth-order valence-electron chi connectivity index (χ4n) is 3.56. The number of rotatable bonds is 3. The smallest absolute Gasteiger partial charge is 0.255 e. The van der Waals surface area contributed by atoms with Crippen LogP contribution in [0.15, 0.2) is 66.7 Å². The summed E-state index contributed by atoms with van der Waals surface area (Å²) in [4.78, 5) is 38.2. The molecule has 4 rings (SSSR count). The van der Waals surface area contributed by atoms with E-state index in [0.717, 1.165) is 11.1 Å². The van der Waals surface area contributed by atoms with Gasteiger partial charge in [-0.2, -0.15) is 0 Å². The number of ketones is 1. The maximum atomic E-state index is 12.9. The Morgan fingerprint density at radius 2 is 1.37 bits per heavy atom. The molecular formula is C25H22N2O3. The molecule has 2 amide bonds. The third-order valence-electron chi connectivity index (χ3n) is 4.90. The van der Waals surface area contributed by atoms with E-state index in [0.29, 0.717) is 27.9 Å². The van der Waals surface area contributed by atoms with E-state index >= 15 is 0 Å². The van der Waals surface area contributed by atoms with Gasteiger partial charge in [0.25, 0.3) is 11.8 Å². The molecule has 30 heavy (non-hydrogen) atoms. The maximum Gasteiger partial charge on any atom is 0.255 e. The SMILES string of the molecule is CC(C)(C)NC(=O)c1ccccc1NC(=O)c1ccc2c(c1)C(=O)c1ccccc1-2. The Kier molecular flexibility index (Phi) is 4.74. The Bertz CT molecular complexity index is 1190. The van der Waals surface area contributed by atoms with Crippen molar-refractivity contribution in [1.29, 1.82) is 0 Å². The molecule has 150 valence electrons. The van der Waals surface area contributed by atoms with E-state index in [-0.39, 0.29) is 17.6 Å². The Morgan fingerprint density at radius 3 is 2.10 bits per heavy atom. The molecule has 5 heteroatoms. The van der Waals surface area contributed by atoms with Crippen LogP contribution in [0.25, 0.3) is 11.1 Å². The molecule has 0 aromatic heterocycles. The summed E-state index contributed by atoms with van der Waals surface area (Å²) in [7, 11) is 0. The van der Waals surface area contributed by atoms with Crippen molar-refractivity contribution in [3.05, 3.63) is 89.0 Å². The van der Waals surface area contributed by atoms with Gasteiger partial charge in [-0.3, -0.25) is 14.4 Å². The Morgan fingerprint density at radius 1 is 0.733 bits per heavy atom. The van der Waals surface area contributed by atoms with Crippen LogP contribution in [0, 0.1) is 0 Å². The molecule has 0 atom stereocenters. The van der Waals surface area contributed by atoms with E-state index in [1.807, 2.05) is 39.0 Å². The second-order valence-corrected chi connectivity index (χ2v) is 8.34. The van der Waals surface area contributed by atoms with Gasteiger partial charge in [-0.15, -0.1) is 0 Å². The third-order valence-corrected chi connectivity index (χ3v) is 4.90. The zero-order valence-electron chi connectivity index (χ0n) is 17.1. The van der Waals surface area contributed by atoms with E-state index in [4.69, 9.17) is 0 Å². The lowest BCUT2D eigenvalue weighted by atomic mass is 10.0. The number of hydrogen-bond donors (Lipinski definition) is 2. The van der Waals surface area contributed by atoms with Crippen LogP contribution >= 0.6 is 0 Å². The van der Waals surface area contributed by atoms with E-state index in [2.05, 4.69) is 10.6 Å². The summed E-state index contributed by atoms with van der Waals surface area (Å²) >= 11 is 0. The minimum atomic E-state index is -0.399. The summed E-state index contributed by atoms with van der Waals surface area (Å²) in [5.41, 5.74) is 3.64. The average molecular weight is 398 g/mol. The topological polar surface area (TPSA) is 75.3 Å². The van der Waals surface area contributed by atoms with Crippen LogP contribution in [-0.2, 0) is 0 Å². The van der Waals surface area contributed by atoms with Crippen molar-refractivity contribution in [2.75, 3.05) is 5.32 Å². The number of fused-ring (bicyclic) bond motifs is 3. The van der Waals surface area contributed by atoms with E-state index in [1.165, 1.54) is 0 Å². The number of amides is 2. The first-order valence-corrected chi connectivity index (χ1v) is 9.76. The first kappa shape index (κ1) is 19.6. The number of carbonyl (C=O) groups excluding carboxylic acids is 3. The second-order valence-electron chi connectivity index (χ2n) is 8.34. The number of anilines is 1. The molecule has 0 radical (unpaired) electrons. The van der Waals surface area contributed by atoms with Gasteiger partial charge in [-0.1, -0.05) is 42.5 Å². The zero-order chi connectivity index (χ0) is 21.5. The highest BCUT2D eigenvalue weighted by atomic mass is 16.2. The van der Waals surface area contributed by atoms with Gasteiger partial charge in [0.2, 0.25) is 0 Å². The second kappa shape index (κ2) is 7.26. The van der Waals surface area contributed by atoms with Crippen LogP contribution in [0.2, 0.25) is 0 Å². The summed E-state index contributed by atoms with van der Waals surface area (Å²) < 4.78 is 0. The lowest BCUT2D eigenvalue weighted by molar-refractivity contribution is 0.0920. The number of para-hydroxylation sites is 1. The Hall–Kier alpha value is -3.73. The van der Waals surface area contributed by atoms with Gasteiger partial charge in [-0.05, 0) is 56.2 Å². The molecule has 3 aromatic rings. The largest absolute Gasteiger partial charge is 0.347 e. The molecule has 2 N–H and O–H groups in total. The summed E-state index contributed by atoms with van der Waals surface area (Å²) in [5.74, 6) is -0.726. The monoisotopic (exact) mass is 398 g/mol. The standard InChI is InChI=1S/C25H22N2O3/c1-25(2,3)27-24(30)19-10-6-7-11-21(19)26-23(29)15-12-13-17-16-8-4-5-9-18(16)22(28)20(17)14-15/h4-14H,1-3H3,(H,26,29)(H,27,30). The zero-order valence-corrected chi connectivity index (χ0v) is 17.1. The van der Waals surface area contributed by atoms with Gasteiger partial charge in [-0.25, -0.2) is 0 Å². The number of benzene rings is 3. The number of carbonyl (C=O) groups is 3. The number of nitrogens with one attached hydrogen (secondary N) is 2. The molecule has 1 aliphatic carbocycles. The van der Waals surface area contributed by atoms with Crippen molar-refractivity contribution in [3.8, 4) is 11.1 Å². The molecule has 0 aliphatic heterocycles. The van der Waals surface area contributed by atoms with Crippen molar-refractivity contribution in [1.82, 2.24) is 5.32 Å². The lowest BCUT2D eigenvalue weighted by Gasteiger charge is -2.21. The Balaban J connectivity index is 1.61. The van der Waals surface area contributed by atoms with E-state index < -0.39 is 5.54 Å². The molecule has 0 saturated heterocycles. The highest BCUT2D eigenvalue weighted by Gasteiger charge is 2.27. The van der Waals surface area contributed by atoms with Gasteiger partial charge < -0.3 is 10.6 Å². The van der Waals surface area contributed by atoms with Crippen LogP contribution in [0.1, 0.15) is 57.4 Å². The van der Waals surface area contributed by atoms with Crippen LogP contribution in [0.3, 0.4) is 0 Å². The van der Waals surface area contributed by atoms with E-state index in [1.54, 1.807) is 48.5 Å². The van der Waals surface area contributed by atoms with Crippen LogP contribution in [0.5, 0.6) is 0 Å². The van der Waals surface area contributed by atoms with Gasteiger partial charge >= 0.3 is 0 Å². The van der Waals surface area contributed by atoms with Crippen molar-refractivity contribution >= 4 is 23.3 Å². The highest BCUT2D eigenvalue weighted by molar-refractivity contribution is 6.22. The van der Waals surface area contributed by atoms with Crippen molar-refractivity contribution in [2.24, 2.45) is 0 Å². The quantitative estimate of drug-likeness (QED) is 0.526. The highest BCUT2D eigenvalue weighted by Crippen LogP contribution is 2.36. The summed E-state index contributed by atoms with van der Waals surface area (Å²) in [6.45, 7) is 5.68.